The van der Waals surface area contributed by atoms with Gasteiger partial charge in [-0.3, -0.25) is 5.10 Å². The zero-order valence-corrected chi connectivity index (χ0v) is 15.3. The predicted octanol–water partition coefficient (Wildman–Crippen LogP) is 3.15. The highest BCUT2D eigenvalue weighted by Gasteiger charge is 2.43. The van der Waals surface area contributed by atoms with E-state index in [2.05, 4.69) is 15.2 Å². The molecule has 0 aliphatic heterocycles. The first kappa shape index (κ1) is 19.1. The molecular weight excluding hydrogens is 323 g/mol. The van der Waals surface area contributed by atoms with Crippen LogP contribution in [0.15, 0.2) is 24.5 Å². The van der Waals surface area contributed by atoms with Crippen LogP contribution in [0.3, 0.4) is 0 Å². The van der Waals surface area contributed by atoms with Crippen LogP contribution < -0.4 is 5.73 Å². The third-order valence-corrected chi connectivity index (χ3v) is 3.65. The number of benzene rings is 1. The van der Waals surface area contributed by atoms with Crippen molar-refractivity contribution < 1.29 is 13.9 Å². The van der Waals surface area contributed by atoms with Crippen LogP contribution in [0.4, 0.5) is 4.39 Å². The number of hydrogen-bond donors (Lipinski definition) is 2. The Morgan fingerprint density at radius 2 is 2.04 bits per heavy atom. The first-order valence-electron chi connectivity index (χ1n) is 8.19. The van der Waals surface area contributed by atoms with E-state index in [1.165, 1.54) is 18.5 Å². The van der Waals surface area contributed by atoms with Gasteiger partial charge < -0.3 is 10.5 Å². The number of hydrogen-bond acceptors (Lipinski definition) is 5. The van der Waals surface area contributed by atoms with Gasteiger partial charge in [-0.15, -0.1) is 0 Å². The van der Waals surface area contributed by atoms with Gasteiger partial charge in [0.2, 0.25) is 0 Å². The van der Waals surface area contributed by atoms with Gasteiger partial charge >= 0.3 is 5.97 Å². The average molecular weight is 348 g/mol. The van der Waals surface area contributed by atoms with E-state index in [0.29, 0.717) is 11.4 Å². The molecule has 0 unspecified atom stereocenters. The number of H-pyrrole nitrogens is 1. The van der Waals surface area contributed by atoms with Crippen LogP contribution in [-0.2, 0) is 15.1 Å². The Morgan fingerprint density at radius 3 is 2.52 bits per heavy atom. The van der Waals surface area contributed by atoms with Crippen molar-refractivity contribution in [1.29, 1.82) is 0 Å². The van der Waals surface area contributed by atoms with E-state index in [9.17, 15) is 9.18 Å². The van der Waals surface area contributed by atoms with Crippen LogP contribution in [0, 0.1) is 11.2 Å². The lowest BCUT2D eigenvalue weighted by Gasteiger charge is -2.34. The molecule has 3 N–H and O–H groups in total. The maximum absolute atomic E-state index is 14.9. The molecule has 2 aromatic rings. The van der Waals surface area contributed by atoms with Gasteiger partial charge in [0.05, 0.1) is 6.10 Å². The number of ether oxygens (including phenoxy) is 1. The van der Waals surface area contributed by atoms with Gasteiger partial charge in [0.15, 0.2) is 5.82 Å². The topological polar surface area (TPSA) is 93.9 Å². The Bertz CT molecular complexity index is 738. The van der Waals surface area contributed by atoms with Crippen molar-refractivity contribution in [3.05, 3.63) is 35.9 Å². The fourth-order valence-electron chi connectivity index (χ4n) is 2.80. The Hall–Kier alpha value is -2.28. The number of esters is 1. The number of rotatable bonds is 5. The van der Waals surface area contributed by atoms with Gasteiger partial charge in [-0.2, -0.15) is 5.10 Å². The Morgan fingerprint density at radius 1 is 1.36 bits per heavy atom. The van der Waals surface area contributed by atoms with Crippen LogP contribution in [-0.4, -0.2) is 27.3 Å². The maximum Gasteiger partial charge on any atom is 0.331 e. The molecule has 0 saturated carbocycles. The van der Waals surface area contributed by atoms with E-state index in [0.717, 1.165) is 0 Å². The van der Waals surface area contributed by atoms with Gasteiger partial charge in [-0.25, -0.2) is 14.2 Å². The zero-order chi connectivity index (χ0) is 18.8. The number of carbonyl (C=O) groups is 1. The molecule has 0 bridgehead atoms. The molecule has 1 aromatic heterocycles. The molecule has 0 spiro atoms. The monoisotopic (exact) mass is 348 g/mol. The highest BCUT2D eigenvalue weighted by Crippen LogP contribution is 2.36. The highest BCUT2D eigenvalue weighted by atomic mass is 19.1. The van der Waals surface area contributed by atoms with Crippen molar-refractivity contribution >= 4 is 5.97 Å². The minimum atomic E-state index is -1.58. The van der Waals surface area contributed by atoms with Crippen molar-refractivity contribution in [3.63, 3.8) is 0 Å². The fraction of sp³-hybridized carbons (Fsp3) is 0.500. The van der Waals surface area contributed by atoms with E-state index in [1.807, 2.05) is 20.8 Å². The number of aromatic nitrogens is 3. The standard InChI is InChI=1S/C18H25FN4O2/c1-11(2)25-16(24)18(20,9-17(3,4)5)13-7-6-12(8-14(13)19)15-21-10-22-23-15/h6-8,10-11H,9,20H2,1-5H3,(H,21,22,23)/t18-/m1/s1. The second kappa shape index (κ2) is 6.92. The Balaban J connectivity index is 2.48. The second-order valence-electron chi connectivity index (χ2n) is 7.69. The highest BCUT2D eigenvalue weighted by molar-refractivity contribution is 5.83. The number of nitrogens with zero attached hydrogens (tertiary/aromatic N) is 2. The number of halogens is 1. The quantitative estimate of drug-likeness (QED) is 0.810. The molecule has 25 heavy (non-hydrogen) atoms. The summed E-state index contributed by atoms with van der Waals surface area (Å²) in [5.41, 5.74) is 5.16. The van der Waals surface area contributed by atoms with E-state index in [-0.39, 0.29) is 23.5 Å². The lowest BCUT2D eigenvalue weighted by atomic mass is 9.76. The normalized spacial score (nSPS) is 14.4. The zero-order valence-electron chi connectivity index (χ0n) is 15.3. The summed E-state index contributed by atoms with van der Waals surface area (Å²) >= 11 is 0. The van der Waals surface area contributed by atoms with E-state index >= 15 is 0 Å². The molecule has 0 amide bonds. The van der Waals surface area contributed by atoms with Gasteiger partial charge in [0, 0.05) is 11.1 Å². The molecule has 0 radical (unpaired) electrons. The minimum Gasteiger partial charge on any atom is -0.461 e. The van der Waals surface area contributed by atoms with Gasteiger partial charge in [-0.05, 0) is 31.7 Å². The first-order valence-corrected chi connectivity index (χ1v) is 8.19. The van der Waals surface area contributed by atoms with Crippen molar-refractivity contribution in [3.8, 4) is 11.4 Å². The van der Waals surface area contributed by atoms with Crippen LogP contribution in [0.25, 0.3) is 11.4 Å². The molecule has 0 aliphatic carbocycles. The van der Waals surface area contributed by atoms with Gasteiger partial charge in [0.25, 0.3) is 0 Å². The molecule has 0 saturated heterocycles. The summed E-state index contributed by atoms with van der Waals surface area (Å²) in [6, 6.07) is 4.47. The third-order valence-electron chi connectivity index (χ3n) is 3.65. The Kier molecular flexibility index (Phi) is 5.27. The molecular formula is C18H25FN4O2. The Labute approximate surface area is 147 Å². The molecule has 2 rings (SSSR count). The van der Waals surface area contributed by atoms with E-state index in [4.69, 9.17) is 10.5 Å². The first-order chi connectivity index (χ1) is 11.5. The van der Waals surface area contributed by atoms with Crippen LogP contribution >= 0.6 is 0 Å². The summed E-state index contributed by atoms with van der Waals surface area (Å²) < 4.78 is 20.2. The molecule has 6 nitrogen and oxygen atoms in total. The lowest BCUT2D eigenvalue weighted by molar-refractivity contribution is -0.156. The molecule has 1 atom stereocenters. The molecule has 1 heterocycles. The number of nitrogens with two attached hydrogens (primary N) is 1. The number of nitrogens with one attached hydrogen (secondary N) is 1. The molecule has 1 aromatic carbocycles. The average Bonchev–Trinajstić information content (AvgIpc) is 2.98. The summed E-state index contributed by atoms with van der Waals surface area (Å²) in [6.45, 7) is 9.30. The molecule has 7 heteroatoms. The largest absolute Gasteiger partial charge is 0.461 e. The van der Waals surface area contributed by atoms with Crippen LogP contribution in [0.2, 0.25) is 0 Å². The molecule has 0 fully saturated rings. The van der Waals surface area contributed by atoms with Crippen molar-refractivity contribution in [2.24, 2.45) is 11.1 Å². The summed E-state index contributed by atoms with van der Waals surface area (Å²) in [4.78, 5) is 16.7. The summed E-state index contributed by atoms with van der Waals surface area (Å²) in [5, 5.41) is 6.43. The lowest BCUT2D eigenvalue weighted by Crippen LogP contribution is -2.49. The van der Waals surface area contributed by atoms with E-state index < -0.39 is 17.3 Å². The SMILES string of the molecule is CC(C)OC(=O)[C@@](N)(CC(C)(C)C)c1ccc(-c2ncn[nH]2)cc1F. The van der Waals surface area contributed by atoms with Crippen molar-refractivity contribution in [2.75, 3.05) is 0 Å². The smallest absolute Gasteiger partial charge is 0.331 e. The molecule has 136 valence electrons. The van der Waals surface area contributed by atoms with Crippen LogP contribution in [0.5, 0.6) is 0 Å². The summed E-state index contributed by atoms with van der Waals surface area (Å²) in [6.07, 6.45) is 1.24. The van der Waals surface area contributed by atoms with Crippen molar-refractivity contribution in [1.82, 2.24) is 15.2 Å². The predicted molar refractivity (Wildman–Crippen MR) is 92.9 cm³/mol. The third kappa shape index (κ3) is 4.42. The summed E-state index contributed by atoms with van der Waals surface area (Å²) in [5.74, 6) is -0.779. The van der Waals surface area contributed by atoms with Gasteiger partial charge in [-0.1, -0.05) is 32.9 Å². The van der Waals surface area contributed by atoms with E-state index in [1.54, 1.807) is 19.9 Å². The maximum atomic E-state index is 14.9. The minimum absolute atomic E-state index is 0.108. The van der Waals surface area contributed by atoms with Gasteiger partial charge in [0.1, 0.15) is 17.7 Å². The molecule has 0 aliphatic rings. The number of carbonyl (C=O) groups excluding carboxylic acids is 1. The number of aromatic amines is 1. The summed E-state index contributed by atoms with van der Waals surface area (Å²) in [7, 11) is 0. The fourth-order valence-corrected chi connectivity index (χ4v) is 2.80. The second-order valence-corrected chi connectivity index (χ2v) is 7.69. The van der Waals surface area contributed by atoms with Crippen molar-refractivity contribution in [2.45, 2.75) is 52.7 Å². The van der Waals surface area contributed by atoms with Crippen LogP contribution in [0.1, 0.15) is 46.6 Å².